The molecule has 7 aliphatic rings. The molecule has 10 nitrogen and oxygen atoms in total. The SMILES string of the molecule is CC(C)(C)OC(=O)N1CCN(C(=O)OC2CCCC3(C2)OOC2(OO3)C3CC4CC(C3)CC2C4)CC1. The fourth-order valence-electron chi connectivity index (χ4n) is 7.44. The number of hydrogen-bond donors (Lipinski definition) is 0. The Morgan fingerprint density at radius 3 is 1.92 bits per heavy atom. The van der Waals surface area contributed by atoms with Crippen LogP contribution < -0.4 is 0 Å². The van der Waals surface area contributed by atoms with Crippen LogP contribution in [0.25, 0.3) is 0 Å². The Morgan fingerprint density at radius 1 is 0.806 bits per heavy atom. The Labute approximate surface area is 212 Å². The van der Waals surface area contributed by atoms with Crippen molar-refractivity contribution in [2.45, 2.75) is 102 Å². The van der Waals surface area contributed by atoms with Gasteiger partial charge in [0.2, 0.25) is 11.6 Å². The lowest BCUT2D eigenvalue weighted by Crippen LogP contribution is -2.65. The summed E-state index contributed by atoms with van der Waals surface area (Å²) in [5, 5.41) is 0. The average molecular weight is 509 g/mol. The van der Waals surface area contributed by atoms with E-state index in [9.17, 15) is 9.59 Å². The summed E-state index contributed by atoms with van der Waals surface area (Å²) in [4.78, 5) is 52.7. The Bertz CT molecular complexity index is 826. The quantitative estimate of drug-likeness (QED) is 0.482. The summed E-state index contributed by atoms with van der Waals surface area (Å²) in [7, 11) is 0. The molecule has 1 atom stereocenters. The van der Waals surface area contributed by atoms with Crippen LogP contribution in [0, 0.1) is 23.7 Å². The molecule has 7 fully saturated rings. The lowest BCUT2D eigenvalue weighted by atomic mass is 9.53. The molecule has 0 aromatic heterocycles. The number of piperazine rings is 1. The first-order valence-electron chi connectivity index (χ1n) is 13.8. The molecule has 36 heavy (non-hydrogen) atoms. The van der Waals surface area contributed by atoms with Gasteiger partial charge in [0.25, 0.3) is 0 Å². The van der Waals surface area contributed by atoms with Crippen molar-refractivity contribution in [1.82, 2.24) is 9.80 Å². The molecular weight excluding hydrogens is 468 g/mol. The molecule has 2 spiro atoms. The Kier molecular flexibility index (Phi) is 6.17. The Morgan fingerprint density at radius 2 is 1.36 bits per heavy atom. The van der Waals surface area contributed by atoms with Gasteiger partial charge in [-0.3, -0.25) is 0 Å². The van der Waals surface area contributed by atoms with Gasteiger partial charge in [0.1, 0.15) is 11.7 Å². The third kappa shape index (κ3) is 4.59. The first kappa shape index (κ1) is 24.7. The maximum atomic E-state index is 12.9. The highest BCUT2D eigenvalue weighted by molar-refractivity contribution is 5.70. The van der Waals surface area contributed by atoms with Gasteiger partial charge in [0.15, 0.2) is 0 Å². The van der Waals surface area contributed by atoms with Crippen LogP contribution in [0.3, 0.4) is 0 Å². The summed E-state index contributed by atoms with van der Waals surface area (Å²) >= 11 is 0. The molecule has 10 heteroatoms. The zero-order chi connectivity index (χ0) is 25.1. The van der Waals surface area contributed by atoms with Gasteiger partial charge in [-0.05, 0) is 77.6 Å². The summed E-state index contributed by atoms with van der Waals surface area (Å²) in [5.41, 5.74) is -0.545. The maximum absolute atomic E-state index is 12.9. The fourth-order valence-corrected chi connectivity index (χ4v) is 7.44. The van der Waals surface area contributed by atoms with E-state index in [2.05, 4.69) is 0 Å². The van der Waals surface area contributed by atoms with E-state index in [0.29, 0.717) is 50.9 Å². The largest absolute Gasteiger partial charge is 0.446 e. The minimum Gasteiger partial charge on any atom is -0.446 e. The van der Waals surface area contributed by atoms with Crippen LogP contribution in [0.1, 0.15) is 78.6 Å². The highest BCUT2D eigenvalue weighted by Crippen LogP contribution is 2.61. The predicted octanol–water partition coefficient (Wildman–Crippen LogP) is 4.38. The van der Waals surface area contributed by atoms with Crippen LogP contribution in [0.15, 0.2) is 0 Å². The second kappa shape index (κ2) is 8.99. The first-order chi connectivity index (χ1) is 17.1. The third-order valence-electron chi connectivity index (χ3n) is 9.00. The average Bonchev–Trinajstić information content (AvgIpc) is 2.82. The van der Waals surface area contributed by atoms with Crippen LogP contribution in [0.5, 0.6) is 0 Å². The van der Waals surface area contributed by atoms with Crippen molar-refractivity contribution in [1.29, 1.82) is 0 Å². The third-order valence-corrected chi connectivity index (χ3v) is 9.00. The van der Waals surface area contributed by atoms with Gasteiger partial charge in [-0.25, -0.2) is 9.59 Å². The monoisotopic (exact) mass is 508 g/mol. The van der Waals surface area contributed by atoms with Gasteiger partial charge in [-0.1, -0.05) is 0 Å². The number of amides is 2. The summed E-state index contributed by atoms with van der Waals surface area (Å²) in [5.74, 6) is 0.385. The van der Waals surface area contributed by atoms with Gasteiger partial charge in [-0.15, -0.1) is 0 Å². The summed E-state index contributed by atoms with van der Waals surface area (Å²) < 4.78 is 11.3. The number of ether oxygens (including phenoxy) is 2. The van der Waals surface area contributed by atoms with Crippen molar-refractivity contribution in [3.05, 3.63) is 0 Å². The number of carbonyl (C=O) groups excluding carboxylic acids is 2. The minimum atomic E-state index is -1.04. The molecule has 1 unspecified atom stereocenters. The molecule has 0 N–H and O–H groups in total. The lowest BCUT2D eigenvalue weighted by molar-refractivity contribution is -0.681. The molecular formula is C26H40N2O8. The van der Waals surface area contributed by atoms with Gasteiger partial charge in [0, 0.05) is 50.9 Å². The zero-order valence-electron chi connectivity index (χ0n) is 21.7. The smallest absolute Gasteiger partial charge is 0.410 e. The second-order valence-electron chi connectivity index (χ2n) is 12.8. The van der Waals surface area contributed by atoms with Crippen molar-refractivity contribution < 1.29 is 38.6 Å². The van der Waals surface area contributed by atoms with E-state index >= 15 is 0 Å². The molecule has 202 valence electrons. The lowest BCUT2D eigenvalue weighted by Gasteiger charge is -2.60. The molecule has 2 amide bonds. The fraction of sp³-hybridized carbons (Fsp3) is 0.923. The minimum absolute atomic E-state index is 0.322. The van der Waals surface area contributed by atoms with Crippen LogP contribution in [-0.4, -0.2) is 71.4 Å². The predicted molar refractivity (Wildman–Crippen MR) is 125 cm³/mol. The van der Waals surface area contributed by atoms with E-state index in [1.165, 1.54) is 6.42 Å². The van der Waals surface area contributed by atoms with Crippen LogP contribution in [0.4, 0.5) is 9.59 Å². The van der Waals surface area contributed by atoms with Crippen LogP contribution in [-0.2, 0) is 29.0 Å². The number of carbonyl (C=O) groups is 2. The summed E-state index contributed by atoms with van der Waals surface area (Å²) in [6.45, 7) is 7.17. The standard InChI is InChI=1S/C26H40N2O8/c1-24(2,3)32-23(30)28-9-7-27(8-10-28)22(29)31-21-5-4-6-25(16-21)33-35-26(36-34-25)19-12-17-11-18(14-19)15-20(26)13-17/h17-21H,4-16H2,1-3H3. The molecule has 5 aliphatic carbocycles. The van der Waals surface area contributed by atoms with E-state index in [-0.39, 0.29) is 18.3 Å². The van der Waals surface area contributed by atoms with Crippen molar-refractivity contribution in [3.63, 3.8) is 0 Å². The van der Waals surface area contributed by atoms with E-state index in [1.54, 1.807) is 9.80 Å². The van der Waals surface area contributed by atoms with Crippen molar-refractivity contribution >= 4 is 12.2 Å². The Hall–Kier alpha value is -1.62. The maximum Gasteiger partial charge on any atom is 0.410 e. The van der Waals surface area contributed by atoms with Crippen molar-refractivity contribution in [2.24, 2.45) is 23.7 Å². The molecule has 2 aliphatic heterocycles. The highest BCUT2D eigenvalue weighted by Gasteiger charge is 2.65. The Balaban J connectivity index is 1.00. The summed E-state index contributed by atoms with van der Waals surface area (Å²) in [6, 6.07) is 0. The summed E-state index contributed by atoms with van der Waals surface area (Å²) in [6.07, 6.45) is 7.25. The van der Waals surface area contributed by atoms with Gasteiger partial charge < -0.3 is 19.3 Å². The number of rotatable bonds is 1. The number of hydrogen-bond acceptors (Lipinski definition) is 8. The first-order valence-corrected chi connectivity index (χ1v) is 13.8. The molecule has 0 radical (unpaired) electrons. The van der Waals surface area contributed by atoms with E-state index in [0.717, 1.165) is 50.4 Å². The van der Waals surface area contributed by atoms with E-state index in [4.69, 9.17) is 29.0 Å². The zero-order valence-corrected chi connectivity index (χ0v) is 21.7. The van der Waals surface area contributed by atoms with Gasteiger partial charge >= 0.3 is 12.2 Å². The topological polar surface area (TPSA) is 96.0 Å². The van der Waals surface area contributed by atoms with Gasteiger partial charge in [-0.2, -0.15) is 19.6 Å². The number of nitrogens with zero attached hydrogens (tertiary/aromatic N) is 2. The van der Waals surface area contributed by atoms with Gasteiger partial charge in [0.05, 0.1) is 0 Å². The van der Waals surface area contributed by atoms with Crippen molar-refractivity contribution in [2.75, 3.05) is 26.2 Å². The normalized spacial score (nSPS) is 42.1. The highest BCUT2D eigenvalue weighted by atomic mass is 17.4. The molecule has 0 aromatic carbocycles. The van der Waals surface area contributed by atoms with E-state index < -0.39 is 17.2 Å². The molecule has 5 saturated carbocycles. The van der Waals surface area contributed by atoms with E-state index in [1.807, 2.05) is 20.8 Å². The van der Waals surface area contributed by atoms with Crippen LogP contribution >= 0.6 is 0 Å². The molecule has 2 saturated heterocycles. The molecule has 4 bridgehead atoms. The van der Waals surface area contributed by atoms with Crippen molar-refractivity contribution in [3.8, 4) is 0 Å². The molecule has 2 heterocycles. The molecule has 0 aromatic rings. The molecule has 7 rings (SSSR count). The second-order valence-corrected chi connectivity index (χ2v) is 12.8. The van der Waals surface area contributed by atoms with Crippen LogP contribution in [0.2, 0.25) is 0 Å².